The number of Topliss-reactive ketones (excluding diaryl/α,β-unsaturated/α-hetero) is 4. The molecule has 0 fully saturated rings. The van der Waals surface area contributed by atoms with Gasteiger partial charge >= 0.3 is 23.9 Å². The Balaban J connectivity index is 4.14. The normalized spacial score (nSPS) is 14.1. The third kappa shape index (κ3) is 38.2. The Morgan fingerprint density at radius 3 is 0.868 bits per heavy atom. The monoisotopic (exact) mass is 963 g/mol. The van der Waals surface area contributed by atoms with Crippen molar-refractivity contribution >= 4 is 69.9 Å². The molecule has 18 nitrogen and oxygen atoms in total. The maximum atomic E-state index is 12.4. The summed E-state index contributed by atoms with van der Waals surface area (Å²) in [7, 11) is 1.68. The molecule has 0 radical (unpaired) electrons. The van der Waals surface area contributed by atoms with Crippen LogP contribution in [0.4, 0.5) is 0 Å². The van der Waals surface area contributed by atoms with E-state index in [1.807, 2.05) is 13.8 Å². The van der Waals surface area contributed by atoms with Gasteiger partial charge in [0.2, 0.25) is 0 Å². The number of carbonyl (C=O) groups excluding carboxylic acids is 8. The van der Waals surface area contributed by atoms with Crippen LogP contribution in [0.1, 0.15) is 171 Å². The fourth-order valence-corrected chi connectivity index (χ4v) is 5.93. The summed E-state index contributed by atoms with van der Waals surface area (Å²) >= 11 is 0. The molecule has 0 saturated carbocycles. The third-order valence-electron chi connectivity index (χ3n) is 10.3. The number of nitrogens with zero attached hydrogens (tertiary/aromatic N) is 4. The second-order valence-electron chi connectivity index (χ2n) is 17.3. The Hall–Kier alpha value is -4.84. The first-order valence-corrected chi connectivity index (χ1v) is 24.1. The van der Waals surface area contributed by atoms with E-state index in [2.05, 4.69) is 20.0 Å². The molecule has 0 aliphatic carbocycles. The van der Waals surface area contributed by atoms with Gasteiger partial charge in [-0.1, -0.05) is 6.92 Å². The minimum Gasteiger partial charge on any atom is -0.463 e. The van der Waals surface area contributed by atoms with Crippen LogP contribution in [0.25, 0.3) is 0 Å². The molecule has 0 spiro atoms. The third-order valence-corrected chi connectivity index (χ3v) is 10.3. The zero-order chi connectivity index (χ0) is 51.3. The SMILES string of the molecule is CCC(=O)CCCCC(=O)CN=C(C)CCC(=O)OCC(C)OC(C)COC(=O)CCC(C)=NCC(=O)CCCCC(=O)CN=C(C)CCC(=O)OCC(C)OC(C)COC(=O)CCC(C)=NC. The summed E-state index contributed by atoms with van der Waals surface area (Å²) < 4.78 is 32.7. The molecule has 0 bridgehead atoms. The van der Waals surface area contributed by atoms with E-state index in [-0.39, 0.29) is 120 Å². The molecular formula is C50H82N4O14. The van der Waals surface area contributed by atoms with Gasteiger partial charge in [-0.3, -0.25) is 58.3 Å². The number of ether oxygens (including phenoxy) is 6. The van der Waals surface area contributed by atoms with Crippen molar-refractivity contribution in [3.05, 3.63) is 0 Å². The van der Waals surface area contributed by atoms with Crippen molar-refractivity contribution in [1.29, 1.82) is 0 Å². The zero-order valence-electron chi connectivity index (χ0n) is 42.8. The Morgan fingerprint density at radius 2 is 0.618 bits per heavy atom. The lowest BCUT2D eigenvalue weighted by Gasteiger charge is -2.19. The van der Waals surface area contributed by atoms with E-state index in [9.17, 15) is 38.4 Å². The number of aliphatic imine (C=N–C) groups is 4. The Bertz CT molecular complexity index is 1710. The summed E-state index contributed by atoms with van der Waals surface area (Å²) in [5, 5.41) is 0. The predicted molar refractivity (Wildman–Crippen MR) is 261 cm³/mol. The number of carbonyl (C=O) groups is 8. The van der Waals surface area contributed by atoms with Crippen LogP contribution in [-0.4, -0.2) is 147 Å². The molecule has 0 saturated heterocycles. The highest BCUT2D eigenvalue weighted by Gasteiger charge is 2.17. The van der Waals surface area contributed by atoms with Crippen molar-refractivity contribution in [3.63, 3.8) is 0 Å². The Labute approximate surface area is 404 Å². The van der Waals surface area contributed by atoms with Crippen molar-refractivity contribution in [3.8, 4) is 0 Å². The first kappa shape index (κ1) is 63.2. The van der Waals surface area contributed by atoms with Gasteiger partial charge in [0.15, 0.2) is 17.3 Å². The lowest BCUT2D eigenvalue weighted by atomic mass is 10.1. The van der Waals surface area contributed by atoms with E-state index < -0.39 is 36.2 Å². The molecule has 0 aromatic carbocycles. The van der Waals surface area contributed by atoms with E-state index in [1.165, 1.54) is 0 Å². The molecule has 4 atom stereocenters. The van der Waals surface area contributed by atoms with Gasteiger partial charge in [-0.25, -0.2) is 0 Å². The van der Waals surface area contributed by atoms with Crippen LogP contribution >= 0.6 is 0 Å². The molecule has 0 aliphatic heterocycles. The number of unbranched alkanes of at least 4 members (excludes halogenated alkanes) is 2. The molecule has 0 amide bonds. The number of hydrogen-bond donors (Lipinski definition) is 0. The second-order valence-corrected chi connectivity index (χ2v) is 17.3. The molecule has 0 heterocycles. The smallest absolute Gasteiger partial charge is 0.306 e. The summed E-state index contributed by atoms with van der Waals surface area (Å²) in [6.07, 6.45) is 4.89. The summed E-state index contributed by atoms with van der Waals surface area (Å²) in [5.74, 6) is -1.52. The molecule has 0 aromatic heterocycles. The fourth-order valence-electron chi connectivity index (χ4n) is 5.93. The predicted octanol–water partition coefficient (Wildman–Crippen LogP) is 7.15. The highest BCUT2D eigenvalue weighted by atomic mass is 16.6. The first-order chi connectivity index (χ1) is 32.2. The Morgan fingerprint density at radius 1 is 0.368 bits per heavy atom. The zero-order valence-corrected chi connectivity index (χ0v) is 42.8. The average Bonchev–Trinajstić information content (AvgIpc) is 3.31. The highest BCUT2D eigenvalue weighted by Crippen LogP contribution is 2.09. The van der Waals surface area contributed by atoms with Crippen LogP contribution in [-0.2, 0) is 66.8 Å². The van der Waals surface area contributed by atoms with Gasteiger partial charge in [-0.15, -0.1) is 0 Å². The van der Waals surface area contributed by atoms with Gasteiger partial charge in [-0.2, -0.15) is 0 Å². The minimum atomic E-state index is -0.444. The molecule has 0 N–H and O–H groups in total. The molecule has 68 heavy (non-hydrogen) atoms. The molecule has 0 aromatic rings. The van der Waals surface area contributed by atoms with Crippen LogP contribution in [0.2, 0.25) is 0 Å². The molecule has 0 rings (SSSR count). The lowest BCUT2D eigenvalue weighted by Crippen LogP contribution is -2.27. The van der Waals surface area contributed by atoms with Gasteiger partial charge in [-0.05, 0) is 107 Å². The van der Waals surface area contributed by atoms with Crippen molar-refractivity contribution in [2.75, 3.05) is 53.1 Å². The average molecular weight is 963 g/mol. The standard InChI is InChI=1S/C50H82N4O14/c1-11-43(55)16-12-13-17-44(56)28-52-36(3)21-25-48(60)65-33-41(8)68-42(9)34-66-50(62)27-23-38(5)54-30-46(58)19-15-14-18-45(57)29-53-37(4)22-26-49(61)64-32-40(7)67-39(6)31-63-47(59)24-20-35(2)51-10/h39-42H,11-34H2,1-10H3. The van der Waals surface area contributed by atoms with Gasteiger partial charge < -0.3 is 28.4 Å². The van der Waals surface area contributed by atoms with E-state index in [0.717, 1.165) is 5.71 Å². The number of hydrogen-bond acceptors (Lipinski definition) is 18. The van der Waals surface area contributed by atoms with E-state index in [1.54, 1.807) is 55.5 Å². The fraction of sp³-hybridized carbons (Fsp3) is 0.760. The van der Waals surface area contributed by atoms with E-state index in [4.69, 9.17) is 28.4 Å². The van der Waals surface area contributed by atoms with Gasteiger partial charge in [0.05, 0.1) is 69.7 Å². The molecule has 4 unspecified atom stereocenters. The number of rotatable bonds is 41. The van der Waals surface area contributed by atoms with Crippen molar-refractivity contribution < 1.29 is 66.8 Å². The van der Waals surface area contributed by atoms with Crippen molar-refractivity contribution in [2.45, 2.75) is 196 Å². The number of esters is 4. The van der Waals surface area contributed by atoms with Crippen molar-refractivity contribution in [2.24, 2.45) is 20.0 Å². The topological polar surface area (TPSA) is 241 Å². The van der Waals surface area contributed by atoms with E-state index >= 15 is 0 Å². The van der Waals surface area contributed by atoms with Gasteiger partial charge in [0.1, 0.15) is 32.2 Å². The summed E-state index contributed by atoms with van der Waals surface area (Å²) in [5.41, 5.74) is 2.85. The molecular weight excluding hydrogens is 881 g/mol. The van der Waals surface area contributed by atoms with Crippen LogP contribution in [0.5, 0.6) is 0 Å². The van der Waals surface area contributed by atoms with E-state index in [0.29, 0.717) is 87.8 Å². The molecule has 0 aliphatic rings. The van der Waals surface area contributed by atoms with Crippen LogP contribution in [0, 0.1) is 0 Å². The van der Waals surface area contributed by atoms with Gasteiger partial charge in [0, 0.05) is 62.0 Å². The largest absolute Gasteiger partial charge is 0.463 e. The van der Waals surface area contributed by atoms with Crippen LogP contribution in [0.3, 0.4) is 0 Å². The lowest BCUT2D eigenvalue weighted by molar-refractivity contribution is -0.154. The second kappa shape index (κ2) is 39.1. The quantitative estimate of drug-likeness (QED) is 0.0256. The first-order valence-electron chi connectivity index (χ1n) is 24.1. The van der Waals surface area contributed by atoms with Crippen molar-refractivity contribution in [1.82, 2.24) is 0 Å². The van der Waals surface area contributed by atoms with Crippen LogP contribution in [0.15, 0.2) is 20.0 Å². The highest BCUT2D eigenvalue weighted by molar-refractivity contribution is 5.91. The maximum absolute atomic E-state index is 12.4. The molecule has 18 heteroatoms. The minimum absolute atomic E-state index is 0.000437. The summed E-state index contributed by atoms with van der Waals surface area (Å²) in [6, 6.07) is 0. The van der Waals surface area contributed by atoms with Crippen LogP contribution < -0.4 is 0 Å². The summed E-state index contributed by atoms with van der Waals surface area (Å²) in [6.45, 7) is 16.2. The molecule has 386 valence electrons. The summed E-state index contributed by atoms with van der Waals surface area (Å²) in [4.78, 5) is 114. The number of ketones is 4. The maximum Gasteiger partial charge on any atom is 0.306 e. The van der Waals surface area contributed by atoms with Gasteiger partial charge in [0.25, 0.3) is 0 Å². The Kier molecular flexibility index (Phi) is 36.3.